The predicted molar refractivity (Wildman–Crippen MR) is 83.9 cm³/mol. The SMILES string of the molecule is CCNC(CCc1nccn1C)c1cccc(C)c1C. The van der Waals surface area contributed by atoms with Gasteiger partial charge in [-0.1, -0.05) is 25.1 Å². The molecule has 3 nitrogen and oxygen atoms in total. The highest BCUT2D eigenvalue weighted by Gasteiger charge is 2.14. The first-order valence-corrected chi connectivity index (χ1v) is 7.39. The van der Waals surface area contributed by atoms with Crippen LogP contribution in [0, 0.1) is 13.8 Å². The van der Waals surface area contributed by atoms with Gasteiger partial charge in [0.25, 0.3) is 0 Å². The summed E-state index contributed by atoms with van der Waals surface area (Å²) >= 11 is 0. The lowest BCUT2D eigenvalue weighted by atomic mass is 9.94. The molecule has 1 unspecified atom stereocenters. The Balaban J connectivity index is 2.14. The summed E-state index contributed by atoms with van der Waals surface area (Å²) in [6, 6.07) is 6.98. The van der Waals surface area contributed by atoms with Crippen LogP contribution in [-0.4, -0.2) is 16.1 Å². The largest absolute Gasteiger partial charge is 0.338 e. The van der Waals surface area contributed by atoms with Crippen LogP contribution in [0.15, 0.2) is 30.6 Å². The molecule has 0 bridgehead atoms. The summed E-state index contributed by atoms with van der Waals surface area (Å²) in [7, 11) is 2.06. The minimum absolute atomic E-state index is 0.400. The predicted octanol–water partition coefficient (Wildman–Crippen LogP) is 3.32. The fourth-order valence-corrected chi connectivity index (χ4v) is 2.68. The maximum atomic E-state index is 4.42. The number of nitrogens with zero attached hydrogens (tertiary/aromatic N) is 2. The number of nitrogens with one attached hydrogen (secondary N) is 1. The van der Waals surface area contributed by atoms with Gasteiger partial charge in [0.15, 0.2) is 0 Å². The zero-order valence-electron chi connectivity index (χ0n) is 13.0. The van der Waals surface area contributed by atoms with E-state index in [4.69, 9.17) is 0 Å². The molecule has 0 radical (unpaired) electrons. The first-order valence-electron chi connectivity index (χ1n) is 7.39. The van der Waals surface area contributed by atoms with Gasteiger partial charge in [0, 0.05) is 31.9 Å². The van der Waals surface area contributed by atoms with Crippen molar-refractivity contribution in [3.63, 3.8) is 0 Å². The molecule has 3 heteroatoms. The third kappa shape index (κ3) is 3.28. The Morgan fingerprint density at radius 2 is 2.10 bits per heavy atom. The third-order valence-electron chi connectivity index (χ3n) is 4.05. The van der Waals surface area contributed by atoms with Gasteiger partial charge >= 0.3 is 0 Å². The third-order valence-corrected chi connectivity index (χ3v) is 4.05. The van der Waals surface area contributed by atoms with E-state index in [9.17, 15) is 0 Å². The maximum absolute atomic E-state index is 4.42. The first kappa shape index (κ1) is 14.8. The Labute approximate surface area is 122 Å². The van der Waals surface area contributed by atoms with E-state index in [2.05, 4.69) is 60.9 Å². The summed E-state index contributed by atoms with van der Waals surface area (Å²) in [4.78, 5) is 4.42. The smallest absolute Gasteiger partial charge is 0.108 e. The van der Waals surface area contributed by atoms with Crippen molar-refractivity contribution in [1.82, 2.24) is 14.9 Å². The lowest BCUT2D eigenvalue weighted by molar-refractivity contribution is 0.503. The zero-order valence-corrected chi connectivity index (χ0v) is 13.0. The number of hydrogen-bond acceptors (Lipinski definition) is 2. The van der Waals surface area contributed by atoms with Crippen LogP contribution in [0.2, 0.25) is 0 Å². The highest BCUT2D eigenvalue weighted by Crippen LogP contribution is 2.24. The van der Waals surface area contributed by atoms with Gasteiger partial charge in [0.2, 0.25) is 0 Å². The molecule has 2 rings (SSSR count). The lowest BCUT2D eigenvalue weighted by Gasteiger charge is -2.21. The topological polar surface area (TPSA) is 29.9 Å². The normalized spacial score (nSPS) is 12.6. The van der Waals surface area contributed by atoms with Crippen molar-refractivity contribution >= 4 is 0 Å². The van der Waals surface area contributed by atoms with Crippen LogP contribution in [-0.2, 0) is 13.5 Å². The Morgan fingerprint density at radius 3 is 2.75 bits per heavy atom. The average molecular weight is 271 g/mol. The summed E-state index contributed by atoms with van der Waals surface area (Å²) in [5, 5.41) is 3.61. The molecule has 2 aromatic rings. The fourth-order valence-electron chi connectivity index (χ4n) is 2.68. The molecule has 0 saturated heterocycles. The summed E-state index contributed by atoms with van der Waals surface area (Å²) in [5.74, 6) is 1.15. The van der Waals surface area contributed by atoms with E-state index < -0.39 is 0 Å². The van der Waals surface area contributed by atoms with E-state index >= 15 is 0 Å². The molecule has 0 aliphatic carbocycles. The van der Waals surface area contributed by atoms with Gasteiger partial charge in [-0.05, 0) is 43.5 Å². The van der Waals surface area contributed by atoms with Gasteiger partial charge in [-0.3, -0.25) is 0 Å². The Hall–Kier alpha value is -1.61. The van der Waals surface area contributed by atoms with E-state index in [1.54, 1.807) is 0 Å². The van der Waals surface area contributed by atoms with Crippen molar-refractivity contribution in [2.75, 3.05) is 6.54 Å². The number of imidazole rings is 1. The zero-order chi connectivity index (χ0) is 14.5. The van der Waals surface area contributed by atoms with Crippen molar-refractivity contribution in [2.24, 2.45) is 7.05 Å². The minimum Gasteiger partial charge on any atom is -0.338 e. The van der Waals surface area contributed by atoms with Gasteiger partial charge < -0.3 is 9.88 Å². The summed E-state index contributed by atoms with van der Waals surface area (Å²) in [5.41, 5.74) is 4.18. The van der Waals surface area contributed by atoms with Crippen molar-refractivity contribution in [1.29, 1.82) is 0 Å². The summed E-state index contributed by atoms with van der Waals surface area (Å²) in [6.07, 6.45) is 5.95. The number of aromatic nitrogens is 2. The molecule has 0 saturated carbocycles. The van der Waals surface area contributed by atoms with Crippen molar-refractivity contribution in [2.45, 2.75) is 39.7 Å². The molecule has 1 N–H and O–H groups in total. The summed E-state index contributed by atoms with van der Waals surface area (Å²) < 4.78 is 2.10. The van der Waals surface area contributed by atoms with E-state index in [0.29, 0.717) is 6.04 Å². The van der Waals surface area contributed by atoms with Crippen LogP contribution in [0.25, 0.3) is 0 Å². The molecule has 20 heavy (non-hydrogen) atoms. The Bertz CT molecular complexity index is 557. The van der Waals surface area contributed by atoms with E-state index in [1.165, 1.54) is 16.7 Å². The lowest BCUT2D eigenvalue weighted by Crippen LogP contribution is -2.23. The molecule has 1 heterocycles. The number of rotatable bonds is 6. The molecule has 0 spiro atoms. The molecule has 1 atom stereocenters. The molecular formula is C17H25N3. The highest BCUT2D eigenvalue weighted by atomic mass is 15.0. The second kappa shape index (κ2) is 6.71. The van der Waals surface area contributed by atoms with Crippen LogP contribution in [0.4, 0.5) is 0 Å². The van der Waals surface area contributed by atoms with Crippen LogP contribution in [0.5, 0.6) is 0 Å². The van der Waals surface area contributed by atoms with Gasteiger partial charge in [-0.15, -0.1) is 0 Å². The summed E-state index contributed by atoms with van der Waals surface area (Å²) in [6.45, 7) is 7.55. The number of hydrogen-bond donors (Lipinski definition) is 1. The second-order valence-electron chi connectivity index (χ2n) is 5.39. The molecule has 0 aliphatic heterocycles. The monoisotopic (exact) mass is 271 g/mol. The van der Waals surface area contributed by atoms with Crippen LogP contribution in [0.3, 0.4) is 0 Å². The molecule has 0 amide bonds. The van der Waals surface area contributed by atoms with Gasteiger partial charge in [0.05, 0.1) is 0 Å². The molecule has 0 fully saturated rings. The van der Waals surface area contributed by atoms with Crippen LogP contribution in [0.1, 0.15) is 41.9 Å². The van der Waals surface area contributed by atoms with Crippen molar-refractivity contribution in [3.8, 4) is 0 Å². The molecule has 1 aromatic heterocycles. The average Bonchev–Trinajstić information content (AvgIpc) is 2.84. The minimum atomic E-state index is 0.400. The molecule has 0 aliphatic rings. The fraction of sp³-hybridized carbons (Fsp3) is 0.471. The standard InChI is InChI=1S/C17H25N3/c1-5-18-16(9-10-17-19-11-12-20(17)4)15-8-6-7-13(2)14(15)3/h6-8,11-12,16,18H,5,9-10H2,1-4H3. The Kier molecular flexibility index (Phi) is 4.96. The van der Waals surface area contributed by atoms with Crippen molar-refractivity contribution < 1.29 is 0 Å². The second-order valence-corrected chi connectivity index (χ2v) is 5.39. The molecule has 1 aromatic carbocycles. The van der Waals surface area contributed by atoms with E-state index in [1.807, 2.05) is 12.4 Å². The Morgan fingerprint density at radius 1 is 1.30 bits per heavy atom. The van der Waals surface area contributed by atoms with Gasteiger partial charge in [0.1, 0.15) is 5.82 Å². The van der Waals surface area contributed by atoms with Crippen LogP contribution >= 0.6 is 0 Å². The van der Waals surface area contributed by atoms with Crippen molar-refractivity contribution in [3.05, 3.63) is 53.1 Å². The number of aryl methyl sites for hydroxylation is 3. The van der Waals surface area contributed by atoms with Crippen LogP contribution < -0.4 is 5.32 Å². The molecule has 108 valence electrons. The quantitative estimate of drug-likeness (QED) is 0.873. The first-order chi connectivity index (χ1) is 9.63. The molecular weight excluding hydrogens is 246 g/mol. The van der Waals surface area contributed by atoms with Gasteiger partial charge in [-0.25, -0.2) is 4.98 Å². The van der Waals surface area contributed by atoms with E-state index in [0.717, 1.165) is 25.2 Å². The maximum Gasteiger partial charge on any atom is 0.108 e. The highest BCUT2D eigenvalue weighted by molar-refractivity contribution is 5.35. The number of benzene rings is 1. The van der Waals surface area contributed by atoms with Gasteiger partial charge in [-0.2, -0.15) is 0 Å². The van der Waals surface area contributed by atoms with E-state index in [-0.39, 0.29) is 0 Å².